The van der Waals surface area contributed by atoms with Gasteiger partial charge in [-0.2, -0.15) is 0 Å². The maximum absolute atomic E-state index is 7.64. The summed E-state index contributed by atoms with van der Waals surface area (Å²) in [5, 5.41) is 7.91. The van der Waals surface area contributed by atoms with Crippen LogP contribution in [0.2, 0.25) is 0 Å². The fraction of sp³-hybridized carbons (Fsp3) is 0.0857. The molecule has 0 aliphatic carbocycles. The molecule has 37 heavy (non-hydrogen) atoms. The van der Waals surface area contributed by atoms with Gasteiger partial charge in [0.1, 0.15) is 5.75 Å². The van der Waals surface area contributed by atoms with Crippen molar-refractivity contribution in [3.63, 3.8) is 0 Å². The summed E-state index contributed by atoms with van der Waals surface area (Å²) in [6.07, 6.45) is 1.02. The van der Waals surface area contributed by atoms with Crippen molar-refractivity contribution in [2.24, 2.45) is 0 Å². The van der Waals surface area contributed by atoms with Gasteiger partial charge in [-0.3, -0.25) is 0 Å². The summed E-state index contributed by atoms with van der Waals surface area (Å²) in [6.45, 7) is 2.35. The van der Waals surface area contributed by atoms with E-state index >= 15 is 0 Å². The molecule has 1 atom stereocenters. The van der Waals surface area contributed by atoms with Gasteiger partial charge in [-0.25, -0.2) is 0 Å². The van der Waals surface area contributed by atoms with E-state index in [9.17, 15) is 0 Å². The third-order valence-electron chi connectivity index (χ3n) is 8.59. The van der Waals surface area contributed by atoms with Crippen molar-refractivity contribution >= 4 is 40.2 Å². The quantitative estimate of drug-likeness (QED) is 0.213. The summed E-state index contributed by atoms with van der Waals surface area (Å²) < 4.78 is 7.64. The molecule has 2 aliphatic heterocycles. The Morgan fingerprint density at radius 3 is 1.76 bits per heavy atom. The number of rotatable bonds is 1. The Morgan fingerprint density at radius 2 is 1.11 bits per heavy atom. The first-order valence-corrected chi connectivity index (χ1v) is 15.2. The molecule has 0 radical (unpaired) electrons. The third kappa shape index (κ3) is 2.68. The number of benzene rings is 6. The first kappa shape index (κ1) is 21.0. The van der Waals surface area contributed by atoms with E-state index < -0.39 is 8.32 Å². The molecule has 2 aliphatic rings. The summed E-state index contributed by atoms with van der Waals surface area (Å²) in [6, 6.07) is 44.8. The predicted molar refractivity (Wildman–Crippen MR) is 157 cm³/mol. The molecule has 6 aromatic rings. The van der Waals surface area contributed by atoms with Crippen molar-refractivity contribution in [3.05, 3.63) is 127 Å². The van der Waals surface area contributed by atoms with Gasteiger partial charge in [0.25, 0.3) is 0 Å². The van der Waals surface area contributed by atoms with Gasteiger partial charge in [0.05, 0.1) is 0 Å². The van der Waals surface area contributed by atoms with Gasteiger partial charge < -0.3 is 4.43 Å². The standard InChI is InChI=1S/C35H26OSi/c1-2-31-29-21-19-23-11-3-5-13-25(23)34(29)35-26-14-6-4-12-24(26)20-22-30(35)36-37(31)32-17-9-7-15-27(32)28-16-8-10-18-33(28)37/h3-22,31H,2H2,1H3. The van der Waals surface area contributed by atoms with Crippen LogP contribution in [0, 0.1) is 0 Å². The first-order chi connectivity index (χ1) is 18.3. The molecule has 0 amide bonds. The van der Waals surface area contributed by atoms with Crippen molar-refractivity contribution < 1.29 is 4.43 Å². The minimum Gasteiger partial charge on any atom is -0.533 e. The summed E-state index contributed by atoms with van der Waals surface area (Å²) in [7, 11) is -2.72. The monoisotopic (exact) mass is 490 g/mol. The van der Waals surface area contributed by atoms with Crippen LogP contribution < -0.4 is 14.8 Å². The molecule has 8 rings (SSSR count). The average molecular weight is 491 g/mol. The third-order valence-corrected chi connectivity index (χ3v) is 13.3. The smallest absolute Gasteiger partial charge is 0.323 e. The Labute approximate surface area is 218 Å². The first-order valence-electron chi connectivity index (χ1n) is 13.2. The SMILES string of the molecule is CCC1c2ccc3ccccc3c2-c2c(ccc3ccccc23)O[Si]12c1ccccc1-c1ccccc12. The zero-order valence-electron chi connectivity index (χ0n) is 20.7. The molecule has 1 unspecified atom stereocenters. The minimum atomic E-state index is -2.72. The molecule has 2 heteroatoms. The summed E-state index contributed by atoms with van der Waals surface area (Å²) >= 11 is 0. The second-order valence-electron chi connectivity index (χ2n) is 10.3. The molecule has 2 heterocycles. The molecule has 1 nitrogen and oxygen atoms in total. The molecule has 0 saturated heterocycles. The van der Waals surface area contributed by atoms with Crippen LogP contribution in [-0.2, 0) is 0 Å². The molecule has 0 saturated carbocycles. The maximum atomic E-state index is 7.64. The predicted octanol–water partition coefficient (Wildman–Crippen LogP) is 7.83. The van der Waals surface area contributed by atoms with E-state index in [1.165, 1.54) is 59.7 Å². The average Bonchev–Trinajstić information content (AvgIpc) is 3.15. The maximum Gasteiger partial charge on any atom is 0.323 e. The lowest BCUT2D eigenvalue weighted by atomic mass is 9.88. The van der Waals surface area contributed by atoms with Gasteiger partial charge >= 0.3 is 8.32 Å². The Balaban J connectivity index is 1.59. The van der Waals surface area contributed by atoms with E-state index in [0.29, 0.717) is 0 Å². The highest BCUT2D eigenvalue weighted by molar-refractivity contribution is 7.02. The number of fused-ring (bicyclic) bond motifs is 12. The van der Waals surface area contributed by atoms with Gasteiger partial charge in [-0.05, 0) is 66.7 Å². The van der Waals surface area contributed by atoms with Gasteiger partial charge in [-0.15, -0.1) is 0 Å². The lowest BCUT2D eigenvalue weighted by Crippen LogP contribution is -2.64. The molecule has 0 N–H and O–H groups in total. The Morgan fingerprint density at radius 1 is 0.568 bits per heavy atom. The fourth-order valence-corrected chi connectivity index (χ4v) is 12.2. The normalized spacial score (nSPS) is 16.5. The molecular formula is C35H26OSi. The molecular weight excluding hydrogens is 464 g/mol. The zero-order chi connectivity index (χ0) is 24.6. The topological polar surface area (TPSA) is 9.23 Å². The molecule has 176 valence electrons. The highest BCUT2D eigenvalue weighted by atomic mass is 28.4. The number of hydrogen-bond donors (Lipinski definition) is 0. The van der Waals surface area contributed by atoms with Gasteiger partial charge in [0.2, 0.25) is 0 Å². The molecule has 6 aromatic carbocycles. The van der Waals surface area contributed by atoms with Crippen molar-refractivity contribution in [3.8, 4) is 28.0 Å². The Hall–Kier alpha value is -4.14. The molecule has 0 fully saturated rings. The van der Waals surface area contributed by atoms with E-state index in [1.807, 2.05) is 0 Å². The van der Waals surface area contributed by atoms with Crippen LogP contribution in [0.1, 0.15) is 24.4 Å². The lowest BCUT2D eigenvalue weighted by molar-refractivity contribution is 0.546. The van der Waals surface area contributed by atoms with Crippen molar-refractivity contribution in [1.29, 1.82) is 0 Å². The van der Waals surface area contributed by atoms with Crippen LogP contribution in [0.4, 0.5) is 0 Å². The van der Waals surface area contributed by atoms with E-state index in [-0.39, 0.29) is 5.54 Å². The van der Waals surface area contributed by atoms with Crippen LogP contribution in [0.5, 0.6) is 5.75 Å². The van der Waals surface area contributed by atoms with E-state index in [4.69, 9.17) is 4.43 Å². The van der Waals surface area contributed by atoms with Gasteiger partial charge in [-0.1, -0.05) is 122 Å². The van der Waals surface area contributed by atoms with Crippen LogP contribution in [-0.4, -0.2) is 8.32 Å². The van der Waals surface area contributed by atoms with Crippen LogP contribution in [0.3, 0.4) is 0 Å². The van der Waals surface area contributed by atoms with Crippen LogP contribution >= 0.6 is 0 Å². The second kappa shape index (κ2) is 7.68. The fourth-order valence-electron chi connectivity index (χ4n) is 7.14. The second-order valence-corrected chi connectivity index (χ2v) is 13.8. The molecule has 1 spiro atoms. The Kier molecular flexibility index (Phi) is 4.36. The van der Waals surface area contributed by atoms with E-state index in [1.54, 1.807) is 0 Å². The van der Waals surface area contributed by atoms with Crippen molar-refractivity contribution in [1.82, 2.24) is 0 Å². The summed E-state index contributed by atoms with van der Waals surface area (Å²) in [5.74, 6) is 1.02. The van der Waals surface area contributed by atoms with E-state index in [2.05, 4.69) is 128 Å². The van der Waals surface area contributed by atoms with Crippen LogP contribution in [0.15, 0.2) is 121 Å². The Bertz CT molecular complexity index is 1820. The highest BCUT2D eigenvalue weighted by Gasteiger charge is 2.56. The van der Waals surface area contributed by atoms with Crippen molar-refractivity contribution in [2.45, 2.75) is 18.9 Å². The van der Waals surface area contributed by atoms with Gasteiger partial charge in [0.15, 0.2) is 0 Å². The van der Waals surface area contributed by atoms with Gasteiger partial charge in [0, 0.05) is 11.1 Å². The number of hydrogen-bond acceptors (Lipinski definition) is 1. The molecule has 0 aromatic heterocycles. The zero-order valence-corrected chi connectivity index (χ0v) is 21.7. The largest absolute Gasteiger partial charge is 0.533 e. The summed E-state index contributed by atoms with van der Waals surface area (Å²) in [4.78, 5) is 0. The highest BCUT2D eigenvalue weighted by Crippen LogP contribution is 2.52. The minimum absolute atomic E-state index is 0.281. The van der Waals surface area contributed by atoms with Crippen molar-refractivity contribution in [2.75, 3.05) is 0 Å². The van der Waals surface area contributed by atoms with Crippen LogP contribution in [0.25, 0.3) is 43.8 Å². The van der Waals surface area contributed by atoms with E-state index in [0.717, 1.165) is 12.2 Å². The molecule has 0 bridgehead atoms. The lowest BCUT2D eigenvalue weighted by Gasteiger charge is -2.36. The summed E-state index contributed by atoms with van der Waals surface area (Å²) in [5.41, 5.74) is 6.99.